The quantitative estimate of drug-likeness (QED) is 0.667. The van der Waals surface area contributed by atoms with Crippen molar-refractivity contribution in [3.8, 4) is 17.2 Å². The molecule has 0 amide bonds. The smallest absolute Gasteiger partial charge is 0.187 e. The number of aromatic nitrogens is 1. The Hall–Kier alpha value is -2.75. The van der Waals surface area contributed by atoms with Crippen LogP contribution in [0.25, 0.3) is 11.1 Å². The molecule has 0 unspecified atom stereocenters. The van der Waals surface area contributed by atoms with Gasteiger partial charge in [0.05, 0.1) is 24.4 Å². The van der Waals surface area contributed by atoms with Crippen molar-refractivity contribution in [2.45, 2.75) is 38.3 Å². The Bertz CT molecular complexity index is 1070. The van der Waals surface area contributed by atoms with Crippen LogP contribution in [0.4, 0.5) is 9.52 Å². The van der Waals surface area contributed by atoms with Crippen molar-refractivity contribution in [2.75, 3.05) is 11.5 Å². The van der Waals surface area contributed by atoms with Crippen LogP contribution in [0.2, 0.25) is 0 Å². The first-order valence-corrected chi connectivity index (χ1v) is 10.5. The zero-order chi connectivity index (χ0) is 20.5. The van der Waals surface area contributed by atoms with E-state index in [0.717, 1.165) is 33.9 Å². The molecule has 0 spiro atoms. The Morgan fingerprint density at radius 3 is 2.69 bits per heavy atom. The Labute approximate surface area is 173 Å². The lowest BCUT2D eigenvalue weighted by Crippen LogP contribution is -2.63. The average molecular weight is 408 g/mol. The number of anilines is 1. The second-order valence-electron chi connectivity index (χ2n) is 7.21. The third-order valence-corrected chi connectivity index (χ3v) is 6.93. The molecule has 3 aromatic rings. The van der Waals surface area contributed by atoms with Gasteiger partial charge >= 0.3 is 0 Å². The standard InChI is InChI=1S/C23H22FN3OS/c1-3-21-14(2)26-23(29-21)27-19(12-25)22(20(27)13-28)18-10-5-4-9-17(18)15-7-6-8-16(24)11-15/h4-11,19-20,22,28H,3,13H2,1-2H3/t19-,20-,22+/m0/s1. The number of rotatable bonds is 5. The second kappa shape index (κ2) is 7.94. The minimum absolute atomic E-state index is 0.0829. The molecular formula is C23H22FN3OS. The lowest BCUT2D eigenvalue weighted by Gasteiger charge is -2.52. The lowest BCUT2D eigenvalue weighted by molar-refractivity contribution is 0.188. The third kappa shape index (κ3) is 3.31. The van der Waals surface area contributed by atoms with Crippen LogP contribution < -0.4 is 4.90 Å². The van der Waals surface area contributed by atoms with Crippen molar-refractivity contribution in [2.24, 2.45) is 0 Å². The van der Waals surface area contributed by atoms with Crippen LogP contribution in [0.3, 0.4) is 0 Å². The highest BCUT2D eigenvalue weighted by Crippen LogP contribution is 2.47. The Kier molecular flexibility index (Phi) is 5.35. The molecule has 3 atom stereocenters. The van der Waals surface area contributed by atoms with E-state index in [0.29, 0.717) is 0 Å². The molecule has 1 aliphatic heterocycles. The maximum atomic E-state index is 13.8. The number of aliphatic hydroxyl groups excluding tert-OH is 1. The SMILES string of the molecule is CCc1sc(N2[C@@H](C#N)[C@@H](c3ccccc3-c3cccc(F)c3)[C@@H]2CO)nc1C. The van der Waals surface area contributed by atoms with E-state index < -0.39 is 6.04 Å². The lowest BCUT2D eigenvalue weighted by atomic mass is 9.74. The van der Waals surface area contributed by atoms with E-state index >= 15 is 0 Å². The van der Waals surface area contributed by atoms with Gasteiger partial charge < -0.3 is 10.0 Å². The molecule has 1 fully saturated rings. The molecule has 0 radical (unpaired) electrons. The monoisotopic (exact) mass is 407 g/mol. The van der Waals surface area contributed by atoms with Gasteiger partial charge in [0.2, 0.25) is 0 Å². The summed E-state index contributed by atoms with van der Waals surface area (Å²) in [7, 11) is 0. The number of benzene rings is 2. The van der Waals surface area contributed by atoms with Gasteiger partial charge in [-0.25, -0.2) is 9.37 Å². The van der Waals surface area contributed by atoms with Crippen molar-refractivity contribution < 1.29 is 9.50 Å². The van der Waals surface area contributed by atoms with Crippen LogP contribution in [0.1, 0.15) is 29.0 Å². The molecule has 2 heterocycles. The molecule has 1 saturated heterocycles. The molecule has 2 aromatic carbocycles. The van der Waals surface area contributed by atoms with Gasteiger partial charge in [-0.3, -0.25) is 0 Å². The van der Waals surface area contributed by atoms with E-state index in [9.17, 15) is 14.8 Å². The van der Waals surface area contributed by atoms with Crippen molar-refractivity contribution in [1.29, 1.82) is 5.26 Å². The van der Waals surface area contributed by atoms with Crippen LogP contribution in [0, 0.1) is 24.1 Å². The summed E-state index contributed by atoms with van der Waals surface area (Å²) in [6.07, 6.45) is 0.893. The zero-order valence-corrected chi connectivity index (χ0v) is 17.2. The molecule has 0 aliphatic carbocycles. The summed E-state index contributed by atoms with van der Waals surface area (Å²) in [6.45, 7) is 3.98. The van der Waals surface area contributed by atoms with Crippen molar-refractivity contribution in [3.05, 3.63) is 70.5 Å². The highest BCUT2D eigenvalue weighted by atomic mass is 32.1. The number of nitrogens with zero attached hydrogens (tertiary/aromatic N) is 3. The van der Waals surface area contributed by atoms with Gasteiger partial charge in [0.25, 0.3) is 0 Å². The van der Waals surface area contributed by atoms with E-state index in [2.05, 4.69) is 18.0 Å². The van der Waals surface area contributed by atoms with E-state index in [1.165, 1.54) is 17.0 Å². The summed E-state index contributed by atoms with van der Waals surface area (Å²) in [5.74, 6) is -0.479. The predicted octanol–water partition coefficient (Wildman–Crippen LogP) is 4.68. The number of halogens is 1. The van der Waals surface area contributed by atoms with Crippen molar-refractivity contribution in [3.63, 3.8) is 0 Å². The highest BCUT2D eigenvalue weighted by Gasteiger charge is 2.51. The summed E-state index contributed by atoms with van der Waals surface area (Å²) in [5, 5.41) is 20.9. The first kappa shape index (κ1) is 19.6. The number of hydrogen-bond donors (Lipinski definition) is 1. The van der Waals surface area contributed by atoms with Gasteiger partial charge in [0.15, 0.2) is 5.13 Å². The third-order valence-electron chi connectivity index (χ3n) is 5.61. The minimum Gasteiger partial charge on any atom is -0.394 e. The van der Waals surface area contributed by atoms with Gasteiger partial charge in [-0.15, -0.1) is 11.3 Å². The first-order valence-electron chi connectivity index (χ1n) is 9.69. The number of nitriles is 1. The zero-order valence-electron chi connectivity index (χ0n) is 16.3. The summed E-state index contributed by atoms with van der Waals surface area (Å²) >= 11 is 1.58. The number of aliphatic hydroxyl groups is 1. The predicted molar refractivity (Wildman–Crippen MR) is 114 cm³/mol. The maximum Gasteiger partial charge on any atom is 0.187 e. The Morgan fingerprint density at radius 1 is 1.24 bits per heavy atom. The molecular weight excluding hydrogens is 385 g/mol. The Morgan fingerprint density at radius 2 is 2.03 bits per heavy atom. The van der Waals surface area contributed by atoms with E-state index in [1.807, 2.05) is 42.2 Å². The van der Waals surface area contributed by atoms with Crippen LogP contribution in [-0.4, -0.2) is 28.8 Å². The minimum atomic E-state index is -0.433. The second-order valence-corrected chi connectivity index (χ2v) is 8.28. The largest absolute Gasteiger partial charge is 0.394 e. The normalized spacial score (nSPS) is 20.9. The number of thiazole rings is 1. The summed E-state index contributed by atoms with van der Waals surface area (Å²) in [5.41, 5.74) is 3.58. The van der Waals surface area contributed by atoms with E-state index in [1.54, 1.807) is 17.4 Å². The Balaban J connectivity index is 1.75. The molecule has 1 aliphatic rings. The highest BCUT2D eigenvalue weighted by molar-refractivity contribution is 7.15. The summed E-state index contributed by atoms with van der Waals surface area (Å²) in [6, 6.07) is 15.9. The van der Waals surface area contributed by atoms with Gasteiger partial charge in [0.1, 0.15) is 11.9 Å². The maximum absolute atomic E-state index is 13.8. The molecule has 1 aromatic heterocycles. The molecule has 29 heavy (non-hydrogen) atoms. The molecule has 6 heteroatoms. The van der Waals surface area contributed by atoms with Crippen LogP contribution in [0.5, 0.6) is 0 Å². The molecule has 4 nitrogen and oxygen atoms in total. The summed E-state index contributed by atoms with van der Waals surface area (Å²) in [4.78, 5) is 7.78. The number of hydrogen-bond acceptors (Lipinski definition) is 5. The van der Waals surface area contributed by atoms with Gasteiger partial charge in [0, 0.05) is 10.8 Å². The van der Waals surface area contributed by atoms with Gasteiger partial charge in [-0.1, -0.05) is 43.3 Å². The van der Waals surface area contributed by atoms with Gasteiger partial charge in [-0.05, 0) is 42.2 Å². The average Bonchev–Trinajstić information content (AvgIpc) is 3.08. The molecule has 1 N–H and O–H groups in total. The number of aryl methyl sites for hydroxylation is 2. The van der Waals surface area contributed by atoms with Crippen LogP contribution in [0.15, 0.2) is 48.5 Å². The van der Waals surface area contributed by atoms with Crippen LogP contribution >= 0.6 is 11.3 Å². The van der Waals surface area contributed by atoms with E-state index in [4.69, 9.17) is 0 Å². The molecule has 148 valence electrons. The molecule has 0 saturated carbocycles. The van der Waals surface area contributed by atoms with Crippen molar-refractivity contribution >= 4 is 16.5 Å². The fourth-order valence-electron chi connectivity index (χ4n) is 4.20. The molecule has 4 rings (SSSR count). The molecule has 0 bridgehead atoms. The van der Waals surface area contributed by atoms with E-state index in [-0.39, 0.29) is 24.4 Å². The fraction of sp³-hybridized carbons (Fsp3) is 0.304. The fourth-order valence-corrected chi connectivity index (χ4v) is 5.30. The topological polar surface area (TPSA) is 60.2 Å². The van der Waals surface area contributed by atoms with Crippen LogP contribution in [-0.2, 0) is 6.42 Å². The first-order chi connectivity index (χ1) is 14.1. The summed E-state index contributed by atoms with van der Waals surface area (Å²) < 4.78 is 13.8. The van der Waals surface area contributed by atoms with Gasteiger partial charge in [-0.2, -0.15) is 5.26 Å². The van der Waals surface area contributed by atoms with Crippen molar-refractivity contribution in [1.82, 2.24) is 4.98 Å².